The molecule has 3 aromatic rings. The van der Waals surface area contributed by atoms with E-state index in [-0.39, 0.29) is 5.91 Å². The topological polar surface area (TPSA) is 62.5 Å². The molecule has 1 fully saturated rings. The zero-order valence-corrected chi connectivity index (χ0v) is 14.5. The smallest absolute Gasteiger partial charge is 0.300 e. The van der Waals surface area contributed by atoms with Crippen molar-refractivity contribution in [2.24, 2.45) is 0 Å². The number of piperazine rings is 1. The molecular formula is C17H18N4O2S. The van der Waals surface area contributed by atoms with Crippen molar-refractivity contribution in [2.45, 2.75) is 13.8 Å². The summed E-state index contributed by atoms with van der Waals surface area (Å²) in [4.78, 5) is 27.3. The molecule has 0 unspecified atom stereocenters. The molecule has 4 heterocycles. The number of oxazole rings is 1. The van der Waals surface area contributed by atoms with Gasteiger partial charge in [-0.15, -0.1) is 11.3 Å². The molecule has 1 aliphatic heterocycles. The molecule has 1 amide bonds. The van der Waals surface area contributed by atoms with Crippen molar-refractivity contribution in [1.82, 2.24) is 14.9 Å². The van der Waals surface area contributed by atoms with E-state index in [4.69, 9.17) is 4.42 Å². The zero-order chi connectivity index (χ0) is 16.7. The highest BCUT2D eigenvalue weighted by Gasteiger charge is 2.25. The quantitative estimate of drug-likeness (QED) is 0.717. The van der Waals surface area contributed by atoms with E-state index in [0.29, 0.717) is 43.4 Å². The van der Waals surface area contributed by atoms with Crippen LogP contribution in [-0.2, 0) is 0 Å². The van der Waals surface area contributed by atoms with Crippen LogP contribution in [0.25, 0.3) is 11.2 Å². The summed E-state index contributed by atoms with van der Waals surface area (Å²) < 4.78 is 5.80. The lowest BCUT2D eigenvalue weighted by atomic mass is 10.3. The molecule has 7 heteroatoms. The number of nitrogens with zero attached hydrogens (tertiary/aromatic N) is 4. The molecule has 0 atom stereocenters. The Bertz CT molecular complexity index is 893. The first-order valence-corrected chi connectivity index (χ1v) is 8.77. The zero-order valence-electron chi connectivity index (χ0n) is 13.7. The molecular weight excluding hydrogens is 324 g/mol. The number of amides is 1. The summed E-state index contributed by atoms with van der Waals surface area (Å²) in [5.41, 5.74) is 2.25. The number of thiophene rings is 1. The number of rotatable bonds is 2. The Labute approximate surface area is 143 Å². The van der Waals surface area contributed by atoms with Crippen LogP contribution in [0.5, 0.6) is 0 Å². The molecule has 1 aliphatic rings. The van der Waals surface area contributed by atoms with Crippen LogP contribution in [0.3, 0.4) is 0 Å². The van der Waals surface area contributed by atoms with E-state index >= 15 is 0 Å². The molecule has 6 nitrogen and oxygen atoms in total. The molecule has 0 aliphatic carbocycles. The standard InChI is InChI=1S/C17H18N4O2S/c1-11-3-5-13-15(18-11)19-17(23-13)21-9-7-20(8-10-21)16(22)14-6-4-12(2)24-14/h3-6H,7-10H2,1-2H3. The van der Waals surface area contributed by atoms with Gasteiger partial charge in [-0.1, -0.05) is 0 Å². The van der Waals surface area contributed by atoms with Gasteiger partial charge in [-0.3, -0.25) is 4.79 Å². The lowest BCUT2D eigenvalue weighted by molar-refractivity contribution is 0.0750. The van der Waals surface area contributed by atoms with Crippen LogP contribution >= 0.6 is 11.3 Å². The van der Waals surface area contributed by atoms with Crippen molar-refractivity contribution in [3.63, 3.8) is 0 Å². The Morgan fingerprint density at radius 3 is 2.58 bits per heavy atom. The Morgan fingerprint density at radius 1 is 1.08 bits per heavy atom. The van der Waals surface area contributed by atoms with Crippen LogP contribution in [0, 0.1) is 13.8 Å². The summed E-state index contributed by atoms with van der Waals surface area (Å²) in [5, 5.41) is 0. The number of fused-ring (bicyclic) bond motifs is 1. The van der Waals surface area contributed by atoms with Crippen molar-refractivity contribution in [3.05, 3.63) is 39.7 Å². The van der Waals surface area contributed by atoms with Crippen LogP contribution in [0.2, 0.25) is 0 Å². The second kappa shape index (κ2) is 5.90. The Balaban J connectivity index is 1.46. The van der Waals surface area contributed by atoms with Crippen LogP contribution in [-0.4, -0.2) is 47.0 Å². The van der Waals surface area contributed by atoms with Gasteiger partial charge in [-0.25, -0.2) is 4.98 Å². The summed E-state index contributed by atoms with van der Waals surface area (Å²) in [6.07, 6.45) is 0. The van der Waals surface area contributed by atoms with E-state index < -0.39 is 0 Å². The lowest BCUT2D eigenvalue weighted by Crippen LogP contribution is -2.48. The summed E-state index contributed by atoms with van der Waals surface area (Å²) in [6, 6.07) is 8.29. The first kappa shape index (κ1) is 15.1. The van der Waals surface area contributed by atoms with Crippen molar-refractivity contribution in [3.8, 4) is 0 Å². The third-order valence-corrected chi connectivity index (χ3v) is 5.16. The maximum Gasteiger partial charge on any atom is 0.300 e. The minimum absolute atomic E-state index is 0.114. The highest BCUT2D eigenvalue weighted by Crippen LogP contribution is 2.23. The van der Waals surface area contributed by atoms with Gasteiger partial charge < -0.3 is 14.2 Å². The van der Waals surface area contributed by atoms with Crippen LogP contribution in [0.1, 0.15) is 20.2 Å². The molecule has 0 radical (unpaired) electrons. The third kappa shape index (κ3) is 2.75. The van der Waals surface area contributed by atoms with Crippen molar-refractivity contribution in [2.75, 3.05) is 31.1 Å². The molecule has 0 saturated carbocycles. The number of pyridine rings is 1. The van der Waals surface area contributed by atoms with E-state index in [1.165, 1.54) is 0 Å². The molecule has 0 aromatic carbocycles. The predicted octanol–water partition coefficient (Wildman–Crippen LogP) is 2.86. The van der Waals surface area contributed by atoms with Crippen LogP contribution in [0.4, 0.5) is 6.01 Å². The number of carbonyl (C=O) groups excluding carboxylic acids is 1. The molecule has 24 heavy (non-hydrogen) atoms. The third-order valence-electron chi connectivity index (χ3n) is 4.17. The lowest BCUT2D eigenvalue weighted by Gasteiger charge is -2.33. The Hall–Kier alpha value is -2.41. The Morgan fingerprint density at radius 2 is 1.88 bits per heavy atom. The number of hydrogen-bond donors (Lipinski definition) is 0. The Kier molecular flexibility index (Phi) is 3.72. The molecule has 3 aromatic heterocycles. The predicted molar refractivity (Wildman–Crippen MR) is 93.7 cm³/mol. The number of hydrogen-bond acceptors (Lipinski definition) is 6. The first-order chi connectivity index (χ1) is 11.6. The van der Waals surface area contributed by atoms with Crippen molar-refractivity contribution < 1.29 is 9.21 Å². The van der Waals surface area contributed by atoms with Crippen molar-refractivity contribution in [1.29, 1.82) is 0 Å². The highest BCUT2D eigenvalue weighted by atomic mass is 32.1. The van der Waals surface area contributed by atoms with Gasteiger partial charge in [-0.2, -0.15) is 4.98 Å². The van der Waals surface area contributed by atoms with Gasteiger partial charge in [0.2, 0.25) is 5.65 Å². The average Bonchev–Trinajstić information content (AvgIpc) is 3.20. The monoisotopic (exact) mass is 342 g/mol. The second-order valence-corrected chi connectivity index (χ2v) is 7.25. The number of carbonyl (C=O) groups is 1. The molecule has 0 bridgehead atoms. The minimum Gasteiger partial charge on any atom is -0.422 e. The molecule has 0 N–H and O–H groups in total. The highest BCUT2D eigenvalue weighted by molar-refractivity contribution is 7.13. The second-order valence-electron chi connectivity index (χ2n) is 5.96. The van der Waals surface area contributed by atoms with Gasteiger partial charge >= 0.3 is 0 Å². The first-order valence-electron chi connectivity index (χ1n) is 7.95. The molecule has 124 valence electrons. The average molecular weight is 342 g/mol. The SMILES string of the molecule is Cc1ccc2oc(N3CCN(C(=O)c4ccc(C)s4)CC3)nc2n1. The maximum atomic E-state index is 12.5. The normalized spacial score (nSPS) is 15.2. The van der Waals surface area contributed by atoms with Gasteiger partial charge in [0.05, 0.1) is 4.88 Å². The number of aromatic nitrogens is 2. The minimum atomic E-state index is 0.114. The fourth-order valence-electron chi connectivity index (χ4n) is 2.84. The summed E-state index contributed by atoms with van der Waals surface area (Å²) in [5.74, 6) is 0.114. The maximum absolute atomic E-state index is 12.5. The van der Waals surface area contributed by atoms with E-state index in [1.54, 1.807) is 11.3 Å². The van der Waals surface area contributed by atoms with E-state index in [9.17, 15) is 4.79 Å². The summed E-state index contributed by atoms with van der Waals surface area (Å²) in [6.45, 7) is 6.71. The van der Waals surface area contributed by atoms with Crippen LogP contribution in [0.15, 0.2) is 28.7 Å². The van der Waals surface area contributed by atoms with Gasteiger partial charge in [-0.05, 0) is 38.1 Å². The molecule has 4 rings (SSSR count). The summed E-state index contributed by atoms with van der Waals surface area (Å²) in [7, 11) is 0. The molecule has 1 saturated heterocycles. The van der Waals surface area contributed by atoms with Crippen molar-refractivity contribution >= 4 is 34.5 Å². The number of anilines is 1. The fourth-order valence-corrected chi connectivity index (χ4v) is 3.68. The van der Waals surface area contributed by atoms with Gasteiger partial charge in [0.15, 0.2) is 5.58 Å². The van der Waals surface area contributed by atoms with E-state index in [1.807, 2.05) is 43.0 Å². The summed E-state index contributed by atoms with van der Waals surface area (Å²) >= 11 is 1.55. The molecule has 0 spiro atoms. The largest absolute Gasteiger partial charge is 0.422 e. The van der Waals surface area contributed by atoms with Crippen LogP contribution < -0.4 is 4.90 Å². The van der Waals surface area contributed by atoms with Gasteiger partial charge in [0, 0.05) is 36.8 Å². The van der Waals surface area contributed by atoms with E-state index in [0.717, 1.165) is 15.4 Å². The fraction of sp³-hybridized carbons (Fsp3) is 0.353. The number of aryl methyl sites for hydroxylation is 2. The van der Waals surface area contributed by atoms with Gasteiger partial charge in [0.1, 0.15) is 0 Å². The van der Waals surface area contributed by atoms with Gasteiger partial charge in [0.25, 0.3) is 11.9 Å². The van der Waals surface area contributed by atoms with E-state index in [2.05, 4.69) is 14.9 Å².